The predicted octanol–water partition coefficient (Wildman–Crippen LogP) is 6.34. The van der Waals surface area contributed by atoms with Gasteiger partial charge in [0.2, 0.25) is 0 Å². The summed E-state index contributed by atoms with van der Waals surface area (Å²) in [4.78, 5) is 4.72. The van der Waals surface area contributed by atoms with Gasteiger partial charge in [-0.3, -0.25) is 4.99 Å². The fourth-order valence-electron chi connectivity index (χ4n) is 4.91. The first kappa shape index (κ1) is 19.1. The molecule has 0 radical (unpaired) electrons. The molecule has 0 N–H and O–H groups in total. The second-order valence-electron chi connectivity index (χ2n) is 8.02. The van der Waals surface area contributed by atoms with Crippen molar-refractivity contribution >= 4 is 5.71 Å². The average Bonchev–Trinajstić information content (AvgIpc) is 2.61. The fourth-order valence-corrected chi connectivity index (χ4v) is 4.91. The molecule has 1 aliphatic heterocycles. The van der Waals surface area contributed by atoms with E-state index in [1.165, 1.54) is 36.4 Å². The molecule has 1 heterocycles. The Morgan fingerprint density at radius 3 is 2.25 bits per heavy atom. The van der Waals surface area contributed by atoms with Crippen molar-refractivity contribution in [2.24, 2.45) is 4.99 Å². The monoisotopic (exact) mass is 393 g/mol. The number of benzene rings is 2. The van der Waals surface area contributed by atoms with Crippen LogP contribution >= 0.6 is 0 Å². The van der Waals surface area contributed by atoms with Gasteiger partial charge in [-0.15, -0.1) is 0 Å². The number of nitrogens with zero attached hydrogens (tertiary/aromatic N) is 1. The minimum atomic E-state index is -4.40. The first-order valence-corrected chi connectivity index (χ1v) is 9.37. The SMILES string of the molecule is C[C@@]12CCCC[C@]1(CC(F)(F)F)N=C(c1ccc(F)cc1)c1ccc(F)cc12. The predicted molar refractivity (Wildman–Crippen MR) is 97.7 cm³/mol. The first-order chi connectivity index (χ1) is 13.1. The van der Waals surface area contributed by atoms with E-state index in [2.05, 4.69) is 0 Å². The van der Waals surface area contributed by atoms with Crippen LogP contribution in [-0.4, -0.2) is 17.4 Å². The van der Waals surface area contributed by atoms with Crippen LogP contribution in [0.4, 0.5) is 22.0 Å². The summed E-state index contributed by atoms with van der Waals surface area (Å²) in [6.45, 7) is 1.78. The number of alkyl halides is 3. The Morgan fingerprint density at radius 1 is 0.929 bits per heavy atom. The molecule has 0 aromatic heterocycles. The molecule has 28 heavy (non-hydrogen) atoms. The lowest BCUT2D eigenvalue weighted by Gasteiger charge is -2.53. The van der Waals surface area contributed by atoms with Gasteiger partial charge in [0.25, 0.3) is 0 Å². The van der Waals surface area contributed by atoms with Crippen molar-refractivity contribution in [3.05, 3.63) is 70.8 Å². The summed E-state index contributed by atoms with van der Waals surface area (Å²) in [6, 6.07) is 9.75. The van der Waals surface area contributed by atoms with E-state index in [1.54, 1.807) is 13.0 Å². The Bertz CT molecular complexity index is 931. The molecule has 0 amide bonds. The van der Waals surface area contributed by atoms with Gasteiger partial charge in [-0.1, -0.05) is 19.8 Å². The van der Waals surface area contributed by atoms with Crippen LogP contribution in [0.15, 0.2) is 47.5 Å². The topological polar surface area (TPSA) is 12.4 Å². The molecule has 1 aliphatic carbocycles. The smallest absolute Gasteiger partial charge is 0.276 e. The minimum absolute atomic E-state index is 0.281. The number of aliphatic imine (C=N–C) groups is 1. The van der Waals surface area contributed by atoms with E-state index < -0.39 is 35.2 Å². The molecule has 0 bridgehead atoms. The third kappa shape index (κ3) is 3.03. The molecule has 1 saturated carbocycles. The zero-order valence-corrected chi connectivity index (χ0v) is 15.4. The van der Waals surface area contributed by atoms with Gasteiger partial charge >= 0.3 is 6.18 Å². The highest BCUT2D eigenvalue weighted by atomic mass is 19.4. The third-order valence-electron chi connectivity index (χ3n) is 6.31. The average molecular weight is 393 g/mol. The lowest BCUT2D eigenvalue weighted by atomic mass is 9.55. The third-order valence-corrected chi connectivity index (χ3v) is 6.31. The van der Waals surface area contributed by atoms with Gasteiger partial charge in [0.1, 0.15) is 11.6 Å². The van der Waals surface area contributed by atoms with E-state index in [1.807, 2.05) is 0 Å². The Balaban J connectivity index is 2.00. The highest BCUT2D eigenvalue weighted by Gasteiger charge is 2.58. The Morgan fingerprint density at radius 2 is 1.57 bits per heavy atom. The lowest BCUT2D eigenvalue weighted by molar-refractivity contribution is -0.156. The summed E-state index contributed by atoms with van der Waals surface area (Å²) in [5.74, 6) is -0.918. The second-order valence-corrected chi connectivity index (χ2v) is 8.02. The second kappa shape index (κ2) is 6.39. The highest BCUT2D eigenvalue weighted by molar-refractivity contribution is 6.15. The largest absolute Gasteiger partial charge is 0.391 e. The molecule has 2 aromatic carbocycles. The minimum Gasteiger partial charge on any atom is -0.276 e. The maximum atomic E-state index is 14.2. The van der Waals surface area contributed by atoms with Crippen LogP contribution < -0.4 is 0 Å². The van der Waals surface area contributed by atoms with Crippen LogP contribution in [0.1, 0.15) is 55.7 Å². The van der Waals surface area contributed by atoms with Crippen LogP contribution in [0.5, 0.6) is 0 Å². The molecule has 4 rings (SSSR count). The Labute approximate surface area is 160 Å². The fraction of sp³-hybridized carbons (Fsp3) is 0.409. The number of fused-ring (bicyclic) bond motifs is 3. The molecule has 0 spiro atoms. The van der Waals surface area contributed by atoms with Gasteiger partial charge < -0.3 is 0 Å². The van der Waals surface area contributed by atoms with Crippen molar-refractivity contribution < 1.29 is 22.0 Å². The quantitative estimate of drug-likeness (QED) is 0.528. The zero-order valence-electron chi connectivity index (χ0n) is 15.4. The van der Waals surface area contributed by atoms with Gasteiger partial charge in [-0.2, -0.15) is 13.2 Å². The van der Waals surface area contributed by atoms with E-state index in [9.17, 15) is 22.0 Å². The summed E-state index contributed by atoms with van der Waals surface area (Å²) < 4.78 is 68.4. The van der Waals surface area contributed by atoms with E-state index in [0.717, 1.165) is 6.42 Å². The van der Waals surface area contributed by atoms with Gasteiger partial charge in [0.05, 0.1) is 17.7 Å². The number of hydrogen-bond acceptors (Lipinski definition) is 1. The number of hydrogen-bond donors (Lipinski definition) is 0. The molecule has 2 aliphatic rings. The summed E-state index contributed by atoms with van der Waals surface area (Å²) in [5, 5.41) is 0. The van der Waals surface area contributed by atoms with E-state index in [4.69, 9.17) is 4.99 Å². The molecule has 0 unspecified atom stereocenters. The van der Waals surface area contributed by atoms with Crippen molar-refractivity contribution in [1.29, 1.82) is 0 Å². The lowest BCUT2D eigenvalue weighted by Crippen LogP contribution is -2.56. The van der Waals surface area contributed by atoms with Crippen LogP contribution in [0, 0.1) is 11.6 Å². The zero-order chi connectivity index (χ0) is 20.2. The van der Waals surface area contributed by atoms with Gasteiger partial charge in [-0.25, -0.2) is 8.78 Å². The van der Waals surface area contributed by atoms with Crippen molar-refractivity contribution in [2.45, 2.75) is 56.2 Å². The van der Waals surface area contributed by atoms with Crippen LogP contribution in [0.2, 0.25) is 0 Å². The number of halogens is 5. The summed E-state index contributed by atoms with van der Waals surface area (Å²) in [5.41, 5.74) is -0.224. The standard InChI is InChI=1S/C22H20F5N/c1-20-10-2-3-11-21(20,13-22(25,26)27)28-19(14-4-6-15(23)7-5-14)17-9-8-16(24)12-18(17)20/h4-9,12H,2-3,10-11,13H2,1H3/t20-,21+/m0/s1. The maximum absolute atomic E-state index is 14.2. The summed E-state index contributed by atoms with van der Waals surface area (Å²) >= 11 is 0. The molecule has 6 heteroatoms. The van der Waals surface area contributed by atoms with Crippen LogP contribution in [-0.2, 0) is 5.41 Å². The first-order valence-electron chi connectivity index (χ1n) is 9.37. The molecular formula is C22H20F5N. The van der Waals surface area contributed by atoms with E-state index in [-0.39, 0.29) is 6.42 Å². The van der Waals surface area contributed by atoms with Crippen molar-refractivity contribution in [2.75, 3.05) is 0 Å². The van der Waals surface area contributed by atoms with Crippen molar-refractivity contribution in [1.82, 2.24) is 0 Å². The van der Waals surface area contributed by atoms with Gasteiger partial charge in [0, 0.05) is 16.5 Å². The van der Waals surface area contributed by atoms with Crippen LogP contribution in [0.25, 0.3) is 0 Å². The van der Waals surface area contributed by atoms with Gasteiger partial charge in [-0.05, 0) is 60.9 Å². The van der Waals surface area contributed by atoms with Crippen molar-refractivity contribution in [3.8, 4) is 0 Å². The molecule has 1 fully saturated rings. The molecule has 148 valence electrons. The molecule has 1 nitrogen and oxygen atoms in total. The van der Waals surface area contributed by atoms with Crippen LogP contribution in [0.3, 0.4) is 0 Å². The Hall–Kier alpha value is -2.24. The summed E-state index contributed by atoms with van der Waals surface area (Å²) in [6.07, 6.45) is -3.26. The Kier molecular flexibility index (Phi) is 4.36. The van der Waals surface area contributed by atoms with E-state index >= 15 is 0 Å². The van der Waals surface area contributed by atoms with Gasteiger partial charge in [0.15, 0.2) is 0 Å². The molecular weight excluding hydrogens is 373 g/mol. The molecule has 0 saturated heterocycles. The number of rotatable bonds is 2. The summed E-state index contributed by atoms with van der Waals surface area (Å²) in [7, 11) is 0. The maximum Gasteiger partial charge on any atom is 0.391 e. The van der Waals surface area contributed by atoms with E-state index in [0.29, 0.717) is 35.2 Å². The molecule has 2 aromatic rings. The van der Waals surface area contributed by atoms with Crippen molar-refractivity contribution in [3.63, 3.8) is 0 Å². The molecule has 2 atom stereocenters. The highest BCUT2D eigenvalue weighted by Crippen LogP contribution is 2.56. The normalized spacial score (nSPS) is 27.0.